The number of esters is 4. The third kappa shape index (κ3) is 3.99. The second-order valence-electron chi connectivity index (χ2n) is 8.49. The van der Waals surface area contributed by atoms with E-state index in [2.05, 4.69) is 0 Å². The van der Waals surface area contributed by atoms with Crippen LogP contribution in [0.5, 0.6) is 0 Å². The van der Waals surface area contributed by atoms with Gasteiger partial charge in [-0.25, -0.2) is 4.79 Å². The Kier molecular flexibility index (Phi) is 5.94. The zero-order valence-electron chi connectivity index (χ0n) is 16.3. The molecule has 3 fully saturated rings. The summed E-state index contributed by atoms with van der Waals surface area (Å²) in [5, 5.41) is 0. The summed E-state index contributed by atoms with van der Waals surface area (Å²) in [6.07, 6.45) is -0.113. The van der Waals surface area contributed by atoms with Gasteiger partial charge in [-0.1, -0.05) is 29.5 Å². The van der Waals surface area contributed by atoms with Gasteiger partial charge in [-0.2, -0.15) is 0 Å². The summed E-state index contributed by atoms with van der Waals surface area (Å²) in [4.78, 5) is 48.9. The standard InChI is InChI=1S/C19H25IO8/c1-5-10(20)16(22)25-7-11(21)26-14-9-6-8-12(17(23)27-15(8)14)13(9)18(24)28-19(2,3)4/h8-10,12-15H,5-7H2,1-4H3. The second kappa shape index (κ2) is 7.79. The van der Waals surface area contributed by atoms with Gasteiger partial charge in [0.25, 0.3) is 0 Å². The van der Waals surface area contributed by atoms with Crippen molar-refractivity contribution in [3.63, 3.8) is 0 Å². The predicted octanol–water partition coefficient (Wildman–Crippen LogP) is 1.80. The Balaban J connectivity index is 1.66. The van der Waals surface area contributed by atoms with E-state index in [-0.39, 0.29) is 15.8 Å². The molecule has 0 spiro atoms. The van der Waals surface area contributed by atoms with Crippen LogP contribution in [-0.2, 0) is 38.1 Å². The molecule has 0 radical (unpaired) electrons. The van der Waals surface area contributed by atoms with E-state index < -0.39 is 60.1 Å². The Morgan fingerprint density at radius 2 is 1.93 bits per heavy atom. The fourth-order valence-corrected chi connectivity index (χ4v) is 4.59. The maximum atomic E-state index is 12.7. The van der Waals surface area contributed by atoms with Crippen molar-refractivity contribution in [1.29, 1.82) is 0 Å². The molecule has 2 saturated carbocycles. The van der Waals surface area contributed by atoms with Crippen LogP contribution >= 0.6 is 22.6 Å². The molecule has 28 heavy (non-hydrogen) atoms. The minimum atomic E-state index is -0.724. The maximum absolute atomic E-state index is 12.7. The van der Waals surface area contributed by atoms with E-state index in [4.69, 9.17) is 18.9 Å². The number of carbonyl (C=O) groups excluding carboxylic acids is 4. The normalized spacial score (nSPS) is 34.0. The van der Waals surface area contributed by atoms with Crippen molar-refractivity contribution in [3.05, 3.63) is 0 Å². The third-order valence-electron chi connectivity index (χ3n) is 5.44. The van der Waals surface area contributed by atoms with Gasteiger partial charge in [0.2, 0.25) is 0 Å². The minimum absolute atomic E-state index is 0.158. The molecule has 2 bridgehead atoms. The highest BCUT2D eigenvalue weighted by molar-refractivity contribution is 14.1. The van der Waals surface area contributed by atoms with Gasteiger partial charge >= 0.3 is 23.9 Å². The number of halogens is 1. The van der Waals surface area contributed by atoms with Gasteiger partial charge in [0.1, 0.15) is 21.7 Å². The van der Waals surface area contributed by atoms with Crippen molar-refractivity contribution in [2.24, 2.45) is 23.7 Å². The van der Waals surface area contributed by atoms with Gasteiger partial charge in [-0.3, -0.25) is 14.4 Å². The molecule has 7 atom stereocenters. The van der Waals surface area contributed by atoms with E-state index in [1.807, 2.05) is 29.5 Å². The van der Waals surface area contributed by atoms with Crippen LogP contribution in [-0.4, -0.2) is 52.2 Å². The molecule has 3 aliphatic rings. The van der Waals surface area contributed by atoms with E-state index in [0.717, 1.165) is 0 Å². The van der Waals surface area contributed by atoms with E-state index >= 15 is 0 Å². The monoisotopic (exact) mass is 508 g/mol. The molecule has 3 rings (SSSR count). The van der Waals surface area contributed by atoms with Crippen LogP contribution in [0.1, 0.15) is 40.5 Å². The molecule has 1 aliphatic heterocycles. The van der Waals surface area contributed by atoms with Gasteiger partial charge in [0.05, 0.1) is 11.8 Å². The summed E-state index contributed by atoms with van der Waals surface area (Å²) in [6, 6.07) is 0. The average Bonchev–Trinajstić information content (AvgIpc) is 3.20. The molecule has 7 unspecified atom stereocenters. The number of hydrogen-bond donors (Lipinski definition) is 0. The van der Waals surface area contributed by atoms with E-state index in [0.29, 0.717) is 12.8 Å². The summed E-state index contributed by atoms with van der Waals surface area (Å²) in [5.74, 6) is -3.82. The first kappa shape index (κ1) is 21.3. The number of fused-ring (bicyclic) bond motifs is 1. The van der Waals surface area contributed by atoms with E-state index in [1.54, 1.807) is 20.8 Å². The molecule has 1 heterocycles. The number of ether oxygens (including phenoxy) is 4. The molecular formula is C19H25IO8. The highest BCUT2D eigenvalue weighted by Gasteiger charge is 2.70. The van der Waals surface area contributed by atoms with Crippen LogP contribution in [0.4, 0.5) is 0 Å². The zero-order valence-corrected chi connectivity index (χ0v) is 18.5. The summed E-state index contributed by atoms with van der Waals surface area (Å²) >= 11 is 1.95. The molecule has 9 heteroatoms. The van der Waals surface area contributed by atoms with Gasteiger partial charge in [-0.15, -0.1) is 0 Å². The number of carbonyl (C=O) groups is 4. The molecule has 8 nitrogen and oxygen atoms in total. The molecule has 0 aromatic carbocycles. The summed E-state index contributed by atoms with van der Waals surface area (Å²) in [5.41, 5.74) is -0.684. The Bertz CT molecular complexity index is 684. The molecular weight excluding hydrogens is 483 g/mol. The van der Waals surface area contributed by atoms with Crippen LogP contribution in [0.3, 0.4) is 0 Å². The average molecular weight is 508 g/mol. The smallest absolute Gasteiger partial charge is 0.344 e. The Morgan fingerprint density at radius 1 is 1.25 bits per heavy atom. The molecule has 156 valence electrons. The quantitative estimate of drug-likeness (QED) is 0.232. The van der Waals surface area contributed by atoms with Gasteiger partial charge in [0, 0.05) is 11.8 Å². The fraction of sp³-hybridized carbons (Fsp3) is 0.789. The van der Waals surface area contributed by atoms with Crippen molar-refractivity contribution >= 4 is 46.5 Å². The summed E-state index contributed by atoms with van der Waals surface area (Å²) < 4.78 is 21.0. The lowest BCUT2D eigenvalue weighted by molar-refractivity contribution is -0.175. The van der Waals surface area contributed by atoms with Gasteiger partial charge < -0.3 is 18.9 Å². The van der Waals surface area contributed by atoms with Crippen molar-refractivity contribution in [2.45, 2.75) is 62.3 Å². The van der Waals surface area contributed by atoms with Crippen molar-refractivity contribution < 1.29 is 38.1 Å². The van der Waals surface area contributed by atoms with Crippen LogP contribution < -0.4 is 0 Å². The number of hydrogen-bond acceptors (Lipinski definition) is 8. The van der Waals surface area contributed by atoms with E-state index in [9.17, 15) is 19.2 Å². The summed E-state index contributed by atoms with van der Waals surface area (Å²) in [6.45, 7) is 6.62. The van der Waals surface area contributed by atoms with Crippen LogP contribution in [0.25, 0.3) is 0 Å². The first-order valence-corrected chi connectivity index (χ1v) is 10.7. The first-order chi connectivity index (χ1) is 13.0. The molecule has 0 N–H and O–H groups in total. The van der Waals surface area contributed by atoms with Crippen molar-refractivity contribution in [1.82, 2.24) is 0 Å². The first-order valence-electron chi connectivity index (χ1n) is 9.47. The lowest BCUT2D eigenvalue weighted by Gasteiger charge is -2.32. The summed E-state index contributed by atoms with van der Waals surface area (Å²) in [7, 11) is 0. The highest BCUT2D eigenvalue weighted by Crippen LogP contribution is 2.59. The second-order valence-corrected chi connectivity index (χ2v) is 9.99. The number of alkyl halides is 1. The van der Waals surface area contributed by atoms with Crippen LogP contribution in [0, 0.1) is 23.7 Å². The Morgan fingerprint density at radius 3 is 2.54 bits per heavy atom. The van der Waals surface area contributed by atoms with Crippen LogP contribution in [0.2, 0.25) is 0 Å². The van der Waals surface area contributed by atoms with Crippen LogP contribution in [0.15, 0.2) is 0 Å². The lowest BCUT2D eigenvalue weighted by atomic mass is 9.78. The van der Waals surface area contributed by atoms with Gasteiger partial charge in [0.15, 0.2) is 6.61 Å². The molecule has 0 aromatic heterocycles. The van der Waals surface area contributed by atoms with Crippen molar-refractivity contribution in [2.75, 3.05) is 6.61 Å². The third-order valence-corrected chi connectivity index (χ3v) is 6.83. The van der Waals surface area contributed by atoms with Gasteiger partial charge in [-0.05, 0) is 33.6 Å². The predicted molar refractivity (Wildman–Crippen MR) is 103 cm³/mol. The largest absolute Gasteiger partial charge is 0.460 e. The minimum Gasteiger partial charge on any atom is -0.460 e. The maximum Gasteiger partial charge on any atom is 0.344 e. The lowest BCUT2D eigenvalue weighted by Crippen LogP contribution is -2.45. The zero-order chi connectivity index (χ0) is 20.8. The highest BCUT2D eigenvalue weighted by atomic mass is 127. The molecule has 1 saturated heterocycles. The fourth-order valence-electron chi connectivity index (χ4n) is 4.41. The SMILES string of the molecule is CCC(I)C(=O)OCC(=O)OC1C2CC3C1OC(=O)C3C2C(=O)OC(C)(C)C. The Hall–Kier alpha value is -1.39. The van der Waals surface area contributed by atoms with Crippen molar-refractivity contribution in [3.8, 4) is 0 Å². The number of rotatable bonds is 6. The Labute approximate surface area is 177 Å². The molecule has 2 aliphatic carbocycles. The molecule has 0 aromatic rings. The topological polar surface area (TPSA) is 105 Å². The van der Waals surface area contributed by atoms with E-state index in [1.165, 1.54) is 0 Å². The molecule has 0 amide bonds.